The van der Waals surface area contributed by atoms with Crippen LogP contribution >= 0.6 is 24.8 Å². The summed E-state index contributed by atoms with van der Waals surface area (Å²) in [5.74, 6) is 1.07. The maximum absolute atomic E-state index is 12.7. The highest BCUT2D eigenvalue weighted by atomic mass is 35.5. The molecule has 0 aliphatic carbocycles. The van der Waals surface area contributed by atoms with Crippen LogP contribution in [-0.2, 0) is 6.54 Å². The van der Waals surface area contributed by atoms with E-state index >= 15 is 0 Å². The second-order valence-electron chi connectivity index (χ2n) is 7.86. The van der Waals surface area contributed by atoms with E-state index in [9.17, 15) is 4.79 Å². The van der Waals surface area contributed by atoms with Gasteiger partial charge in [-0.3, -0.25) is 4.79 Å². The van der Waals surface area contributed by atoms with Gasteiger partial charge in [-0.15, -0.1) is 24.8 Å². The monoisotopic (exact) mass is 422 g/mol. The molecule has 1 aromatic heterocycles. The zero-order valence-electron chi connectivity index (χ0n) is 15.9. The van der Waals surface area contributed by atoms with Crippen molar-refractivity contribution in [1.29, 1.82) is 0 Å². The first-order valence-electron chi connectivity index (χ1n) is 9.79. The summed E-state index contributed by atoms with van der Waals surface area (Å²) in [6.45, 7) is 7.07. The van der Waals surface area contributed by atoms with Crippen molar-refractivity contribution in [2.45, 2.75) is 18.9 Å². The van der Waals surface area contributed by atoms with Crippen molar-refractivity contribution in [2.75, 3.05) is 44.2 Å². The van der Waals surface area contributed by atoms with Gasteiger partial charge in [0.1, 0.15) is 0 Å². The number of nitrogens with one attached hydrogen (secondary N) is 2. The Kier molecular flexibility index (Phi) is 6.71. The van der Waals surface area contributed by atoms with E-state index < -0.39 is 0 Å². The van der Waals surface area contributed by atoms with Crippen molar-refractivity contribution in [1.82, 2.24) is 15.2 Å². The summed E-state index contributed by atoms with van der Waals surface area (Å²) in [4.78, 5) is 15.1. The first kappa shape index (κ1) is 21.2. The Morgan fingerprint density at radius 1 is 0.893 bits per heavy atom. The minimum Gasteiger partial charge on any atom is -0.369 e. The SMILES string of the molecule is Cl.Cl.O=c1cc(-c2ccc(N3CCNCC3)cc2)cc2n1C[C@@H]1CNC[C@H]2C1. The van der Waals surface area contributed by atoms with Gasteiger partial charge in [-0.25, -0.2) is 0 Å². The van der Waals surface area contributed by atoms with Crippen LogP contribution < -0.4 is 21.1 Å². The van der Waals surface area contributed by atoms with Crippen molar-refractivity contribution in [3.8, 4) is 11.1 Å². The number of aromatic nitrogens is 1. The van der Waals surface area contributed by atoms with Gasteiger partial charge < -0.3 is 20.1 Å². The van der Waals surface area contributed by atoms with Crippen LogP contribution in [0.5, 0.6) is 0 Å². The molecule has 152 valence electrons. The van der Waals surface area contributed by atoms with Crippen LogP contribution in [-0.4, -0.2) is 43.8 Å². The number of halogens is 2. The van der Waals surface area contributed by atoms with Crippen LogP contribution in [0.2, 0.25) is 0 Å². The maximum atomic E-state index is 12.7. The summed E-state index contributed by atoms with van der Waals surface area (Å²) in [6.07, 6.45) is 1.21. The lowest BCUT2D eigenvalue weighted by Crippen LogP contribution is -2.44. The fourth-order valence-corrected chi connectivity index (χ4v) is 4.76. The molecule has 2 aromatic rings. The standard InChI is InChI=1S/C21H26N4O.2ClH/c26-21-11-17(10-20-18-9-15(12-23-13-18)14-25(20)21)16-1-3-19(4-2-16)24-7-5-22-6-8-24;;/h1-4,10-11,15,18,22-23H,5-9,12-14H2;2*1H/t15-,18+;;/m0../s1. The number of piperazine rings is 1. The summed E-state index contributed by atoms with van der Waals surface area (Å²) in [7, 11) is 0. The third kappa shape index (κ3) is 3.94. The van der Waals surface area contributed by atoms with Crippen LogP contribution in [0.1, 0.15) is 18.0 Å². The van der Waals surface area contributed by atoms with Gasteiger partial charge in [0, 0.05) is 62.6 Å². The molecule has 2 fully saturated rings. The van der Waals surface area contributed by atoms with Crippen LogP contribution in [0.3, 0.4) is 0 Å². The Balaban J connectivity index is 0.00000112. The van der Waals surface area contributed by atoms with Crippen LogP contribution in [0, 0.1) is 5.92 Å². The number of hydrogen-bond acceptors (Lipinski definition) is 4. The van der Waals surface area contributed by atoms with Crippen molar-refractivity contribution < 1.29 is 0 Å². The molecule has 2 saturated heterocycles. The summed E-state index contributed by atoms with van der Waals surface area (Å²) in [5.41, 5.74) is 4.82. The van der Waals surface area contributed by atoms with Gasteiger partial charge in [-0.05, 0) is 48.2 Å². The van der Waals surface area contributed by atoms with Gasteiger partial charge in [-0.2, -0.15) is 0 Å². The third-order valence-corrected chi connectivity index (χ3v) is 6.14. The quantitative estimate of drug-likeness (QED) is 0.780. The summed E-state index contributed by atoms with van der Waals surface area (Å²) < 4.78 is 2.01. The largest absolute Gasteiger partial charge is 0.369 e. The van der Waals surface area contributed by atoms with E-state index in [2.05, 4.69) is 45.9 Å². The van der Waals surface area contributed by atoms with Gasteiger partial charge >= 0.3 is 0 Å². The Bertz CT molecular complexity index is 862. The summed E-state index contributed by atoms with van der Waals surface area (Å²) in [5, 5.41) is 6.91. The van der Waals surface area contributed by atoms with Gasteiger partial charge in [0.05, 0.1) is 0 Å². The number of anilines is 1. The molecule has 3 aliphatic heterocycles. The minimum atomic E-state index is 0. The lowest BCUT2D eigenvalue weighted by Gasteiger charge is -2.37. The smallest absolute Gasteiger partial charge is 0.251 e. The average Bonchev–Trinajstić information content (AvgIpc) is 2.70. The second-order valence-corrected chi connectivity index (χ2v) is 7.86. The number of fused-ring (bicyclic) bond motifs is 4. The Hall–Kier alpha value is -1.53. The summed E-state index contributed by atoms with van der Waals surface area (Å²) >= 11 is 0. The molecule has 0 saturated carbocycles. The van der Waals surface area contributed by atoms with Crippen molar-refractivity contribution in [3.05, 3.63) is 52.4 Å². The number of pyridine rings is 1. The van der Waals surface area contributed by atoms with E-state index in [0.29, 0.717) is 11.8 Å². The van der Waals surface area contributed by atoms with E-state index in [1.54, 1.807) is 0 Å². The molecule has 28 heavy (non-hydrogen) atoms. The van der Waals surface area contributed by atoms with Crippen molar-refractivity contribution in [3.63, 3.8) is 0 Å². The topological polar surface area (TPSA) is 49.3 Å². The molecule has 5 nitrogen and oxygen atoms in total. The first-order valence-corrected chi connectivity index (χ1v) is 9.79. The molecule has 0 radical (unpaired) electrons. The predicted molar refractivity (Wildman–Crippen MR) is 119 cm³/mol. The Labute approximate surface area is 178 Å². The molecule has 0 unspecified atom stereocenters. The van der Waals surface area contributed by atoms with Gasteiger partial charge in [0.2, 0.25) is 0 Å². The van der Waals surface area contributed by atoms with Crippen LogP contribution in [0.15, 0.2) is 41.2 Å². The van der Waals surface area contributed by atoms with E-state index in [1.165, 1.54) is 17.8 Å². The molecular formula is C21H28Cl2N4O. The lowest BCUT2D eigenvalue weighted by molar-refractivity contribution is 0.257. The molecule has 2 bridgehead atoms. The highest BCUT2D eigenvalue weighted by Gasteiger charge is 2.31. The van der Waals surface area contributed by atoms with Crippen molar-refractivity contribution in [2.24, 2.45) is 5.92 Å². The fraction of sp³-hybridized carbons (Fsp3) is 0.476. The molecule has 0 spiro atoms. The van der Waals surface area contributed by atoms with Crippen LogP contribution in [0.25, 0.3) is 11.1 Å². The van der Waals surface area contributed by atoms with Crippen molar-refractivity contribution >= 4 is 30.5 Å². The Morgan fingerprint density at radius 2 is 1.64 bits per heavy atom. The lowest BCUT2D eigenvalue weighted by atomic mass is 9.83. The number of piperidine rings is 1. The van der Waals surface area contributed by atoms with Crippen LogP contribution in [0.4, 0.5) is 5.69 Å². The highest BCUT2D eigenvalue weighted by Crippen LogP contribution is 2.34. The van der Waals surface area contributed by atoms with E-state index in [1.807, 2.05) is 10.6 Å². The average molecular weight is 423 g/mol. The zero-order chi connectivity index (χ0) is 17.5. The maximum Gasteiger partial charge on any atom is 0.251 e. The molecule has 0 amide bonds. The molecular weight excluding hydrogens is 395 g/mol. The molecule has 5 rings (SSSR count). The zero-order valence-corrected chi connectivity index (χ0v) is 17.5. The normalized spacial score (nSPS) is 23.2. The number of nitrogens with zero attached hydrogens (tertiary/aromatic N) is 2. The first-order chi connectivity index (χ1) is 12.8. The number of hydrogen-bond donors (Lipinski definition) is 2. The van der Waals surface area contributed by atoms with E-state index in [-0.39, 0.29) is 30.4 Å². The predicted octanol–water partition coefficient (Wildman–Crippen LogP) is 2.48. The number of rotatable bonds is 2. The molecule has 3 aliphatic rings. The summed E-state index contributed by atoms with van der Waals surface area (Å²) in [6, 6.07) is 12.8. The van der Waals surface area contributed by atoms with Gasteiger partial charge in [0.15, 0.2) is 0 Å². The fourth-order valence-electron chi connectivity index (χ4n) is 4.76. The molecule has 2 N–H and O–H groups in total. The third-order valence-electron chi connectivity index (χ3n) is 6.14. The van der Waals surface area contributed by atoms with Gasteiger partial charge in [-0.1, -0.05) is 12.1 Å². The van der Waals surface area contributed by atoms with E-state index in [4.69, 9.17) is 0 Å². The number of benzene rings is 1. The molecule has 7 heteroatoms. The molecule has 2 atom stereocenters. The minimum absolute atomic E-state index is 0. The second kappa shape index (κ2) is 8.87. The van der Waals surface area contributed by atoms with Gasteiger partial charge in [0.25, 0.3) is 5.56 Å². The molecule has 1 aromatic carbocycles. The Morgan fingerprint density at radius 3 is 2.39 bits per heavy atom. The van der Waals surface area contributed by atoms with E-state index in [0.717, 1.165) is 56.9 Å². The molecule has 4 heterocycles. The highest BCUT2D eigenvalue weighted by molar-refractivity contribution is 5.85.